The van der Waals surface area contributed by atoms with Crippen molar-refractivity contribution >= 4 is 54.9 Å². The molecule has 0 bridgehead atoms. The van der Waals surface area contributed by atoms with Crippen LogP contribution in [-0.4, -0.2) is 28.9 Å². The summed E-state index contributed by atoms with van der Waals surface area (Å²) in [4.78, 5) is 20.4. The molecule has 122 valence electrons. The summed E-state index contributed by atoms with van der Waals surface area (Å²) in [5, 5.41) is 5.02. The van der Waals surface area contributed by atoms with E-state index in [1.165, 1.54) is 4.88 Å². The molecule has 0 radical (unpaired) electrons. The molecule has 23 heavy (non-hydrogen) atoms. The standard InChI is InChI=1S/C16H17Br2N3OS/c17-12-3-4-15(19-8-12)20-16(22)11-2-1-6-21(9-11)10-14-13(18)5-7-23-14/h3-5,7-8,11H,1-2,6,9-10H2,(H,19,20,22). The molecule has 0 spiro atoms. The number of hydrogen-bond donors (Lipinski definition) is 1. The van der Waals surface area contributed by atoms with E-state index in [9.17, 15) is 4.79 Å². The Hall–Kier alpha value is -0.760. The molecular formula is C16H17Br2N3OS. The van der Waals surface area contributed by atoms with E-state index in [2.05, 4.69) is 58.5 Å². The van der Waals surface area contributed by atoms with E-state index >= 15 is 0 Å². The van der Waals surface area contributed by atoms with Crippen LogP contribution in [0.3, 0.4) is 0 Å². The Bertz CT molecular complexity index is 674. The maximum atomic E-state index is 12.5. The van der Waals surface area contributed by atoms with E-state index in [1.807, 2.05) is 12.1 Å². The Morgan fingerprint density at radius 1 is 1.39 bits per heavy atom. The lowest BCUT2D eigenvalue weighted by atomic mass is 9.97. The summed E-state index contributed by atoms with van der Waals surface area (Å²) in [7, 11) is 0. The van der Waals surface area contributed by atoms with Crippen LogP contribution in [0, 0.1) is 5.92 Å². The zero-order valence-electron chi connectivity index (χ0n) is 12.5. The van der Waals surface area contributed by atoms with E-state index in [-0.39, 0.29) is 11.8 Å². The van der Waals surface area contributed by atoms with Crippen molar-refractivity contribution in [3.8, 4) is 0 Å². The number of pyridine rings is 1. The molecule has 1 atom stereocenters. The summed E-state index contributed by atoms with van der Waals surface area (Å²) in [6.45, 7) is 2.75. The predicted octanol–water partition coefficient (Wildman–Crippen LogP) is 4.52. The van der Waals surface area contributed by atoms with Crippen molar-refractivity contribution in [2.24, 2.45) is 5.92 Å². The van der Waals surface area contributed by atoms with Crippen molar-refractivity contribution in [2.45, 2.75) is 19.4 Å². The van der Waals surface area contributed by atoms with E-state index in [0.29, 0.717) is 5.82 Å². The minimum Gasteiger partial charge on any atom is -0.310 e. The number of hydrogen-bond acceptors (Lipinski definition) is 4. The predicted molar refractivity (Wildman–Crippen MR) is 101 cm³/mol. The molecule has 2 aromatic heterocycles. The Labute approximate surface area is 156 Å². The summed E-state index contributed by atoms with van der Waals surface area (Å²) in [6, 6.07) is 5.77. The lowest BCUT2D eigenvalue weighted by Crippen LogP contribution is -2.40. The third-order valence-corrected chi connectivity index (χ3v) is 6.29. The average molecular weight is 459 g/mol. The van der Waals surface area contributed by atoms with E-state index in [0.717, 1.165) is 41.4 Å². The highest BCUT2D eigenvalue weighted by Gasteiger charge is 2.26. The SMILES string of the molecule is O=C(Nc1ccc(Br)cn1)C1CCCN(Cc2sccc2Br)C1. The fourth-order valence-corrected chi connectivity index (χ4v) is 4.49. The summed E-state index contributed by atoms with van der Waals surface area (Å²) >= 11 is 8.68. The van der Waals surface area contributed by atoms with Crippen molar-refractivity contribution in [2.75, 3.05) is 18.4 Å². The van der Waals surface area contributed by atoms with Gasteiger partial charge in [-0.1, -0.05) is 0 Å². The number of amides is 1. The number of halogens is 2. The largest absolute Gasteiger partial charge is 0.310 e. The van der Waals surface area contributed by atoms with Gasteiger partial charge in [0.05, 0.1) is 5.92 Å². The highest BCUT2D eigenvalue weighted by Crippen LogP contribution is 2.27. The number of rotatable bonds is 4. The average Bonchev–Trinajstić information content (AvgIpc) is 2.95. The molecule has 1 N–H and O–H groups in total. The van der Waals surface area contributed by atoms with Crippen LogP contribution in [0.15, 0.2) is 38.7 Å². The van der Waals surface area contributed by atoms with Crippen LogP contribution in [0.4, 0.5) is 5.82 Å². The van der Waals surface area contributed by atoms with Crippen LogP contribution in [0.1, 0.15) is 17.7 Å². The molecule has 4 nitrogen and oxygen atoms in total. The van der Waals surface area contributed by atoms with Gasteiger partial charge in [-0.2, -0.15) is 0 Å². The number of nitrogens with one attached hydrogen (secondary N) is 1. The second-order valence-corrected chi connectivity index (χ2v) is 8.39. The van der Waals surface area contributed by atoms with Gasteiger partial charge in [0.1, 0.15) is 5.82 Å². The molecule has 1 aliphatic heterocycles. The number of piperidine rings is 1. The second kappa shape index (κ2) is 7.88. The molecule has 1 fully saturated rings. The van der Waals surface area contributed by atoms with Gasteiger partial charge in [0.25, 0.3) is 0 Å². The number of likely N-dealkylation sites (tertiary alicyclic amines) is 1. The van der Waals surface area contributed by atoms with E-state index in [1.54, 1.807) is 17.5 Å². The molecule has 1 aliphatic rings. The molecule has 2 aromatic rings. The first-order chi connectivity index (χ1) is 11.1. The number of thiophene rings is 1. The van der Waals surface area contributed by atoms with Crippen molar-refractivity contribution in [1.82, 2.24) is 9.88 Å². The molecule has 3 heterocycles. The van der Waals surface area contributed by atoms with Crippen LogP contribution in [-0.2, 0) is 11.3 Å². The molecule has 0 aliphatic carbocycles. The number of aromatic nitrogens is 1. The van der Waals surface area contributed by atoms with Gasteiger partial charge in [0.15, 0.2) is 0 Å². The maximum Gasteiger partial charge on any atom is 0.229 e. The summed E-state index contributed by atoms with van der Waals surface area (Å²) in [5.74, 6) is 0.694. The van der Waals surface area contributed by atoms with Crippen molar-refractivity contribution < 1.29 is 4.79 Å². The quantitative estimate of drug-likeness (QED) is 0.732. The van der Waals surface area contributed by atoms with Gasteiger partial charge < -0.3 is 5.32 Å². The summed E-state index contributed by atoms with van der Waals surface area (Å²) in [5.41, 5.74) is 0. The number of carbonyl (C=O) groups excluding carboxylic acids is 1. The molecule has 0 aromatic carbocycles. The summed E-state index contributed by atoms with van der Waals surface area (Å²) < 4.78 is 2.06. The molecule has 0 saturated carbocycles. The highest BCUT2D eigenvalue weighted by atomic mass is 79.9. The van der Waals surface area contributed by atoms with Gasteiger partial charge in [0, 0.05) is 33.1 Å². The molecule has 7 heteroatoms. The third-order valence-electron chi connectivity index (χ3n) is 3.91. The van der Waals surface area contributed by atoms with Crippen molar-refractivity contribution in [3.63, 3.8) is 0 Å². The first kappa shape index (κ1) is 17.1. The van der Waals surface area contributed by atoms with Gasteiger partial charge in [-0.15, -0.1) is 11.3 Å². The molecule has 1 unspecified atom stereocenters. The fourth-order valence-electron chi connectivity index (χ4n) is 2.73. The Morgan fingerprint density at radius 3 is 2.96 bits per heavy atom. The minimum absolute atomic E-state index is 0.0212. The normalized spacial score (nSPS) is 18.8. The van der Waals surface area contributed by atoms with Crippen molar-refractivity contribution in [1.29, 1.82) is 0 Å². The van der Waals surface area contributed by atoms with Gasteiger partial charge in [-0.05, 0) is 74.8 Å². The first-order valence-electron chi connectivity index (χ1n) is 7.48. The smallest absolute Gasteiger partial charge is 0.229 e. The number of carbonyl (C=O) groups is 1. The molecular weight excluding hydrogens is 442 g/mol. The lowest BCUT2D eigenvalue weighted by molar-refractivity contribution is -0.121. The number of nitrogens with zero attached hydrogens (tertiary/aromatic N) is 2. The van der Waals surface area contributed by atoms with Crippen LogP contribution >= 0.6 is 43.2 Å². The fraction of sp³-hybridized carbons (Fsp3) is 0.375. The second-order valence-electron chi connectivity index (χ2n) is 5.62. The van der Waals surface area contributed by atoms with Crippen LogP contribution in [0.5, 0.6) is 0 Å². The van der Waals surface area contributed by atoms with Gasteiger partial charge in [-0.3, -0.25) is 9.69 Å². The zero-order valence-corrected chi connectivity index (χ0v) is 16.5. The van der Waals surface area contributed by atoms with Gasteiger partial charge in [-0.25, -0.2) is 4.98 Å². The van der Waals surface area contributed by atoms with Crippen LogP contribution in [0.2, 0.25) is 0 Å². The third kappa shape index (κ3) is 4.62. The molecule has 1 amide bonds. The zero-order chi connectivity index (χ0) is 16.2. The van der Waals surface area contributed by atoms with E-state index < -0.39 is 0 Å². The van der Waals surface area contributed by atoms with Gasteiger partial charge >= 0.3 is 0 Å². The Kier molecular flexibility index (Phi) is 5.85. The van der Waals surface area contributed by atoms with Crippen LogP contribution in [0.25, 0.3) is 0 Å². The monoisotopic (exact) mass is 457 g/mol. The molecule has 1 saturated heterocycles. The lowest BCUT2D eigenvalue weighted by Gasteiger charge is -2.31. The Morgan fingerprint density at radius 2 is 2.26 bits per heavy atom. The van der Waals surface area contributed by atoms with Crippen molar-refractivity contribution in [3.05, 3.63) is 43.6 Å². The minimum atomic E-state index is 0.0212. The topological polar surface area (TPSA) is 45.2 Å². The number of anilines is 1. The molecule has 3 rings (SSSR count). The Balaban J connectivity index is 1.58. The highest BCUT2D eigenvalue weighted by molar-refractivity contribution is 9.10. The maximum absolute atomic E-state index is 12.5. The van der Waals surface area contributed by atoms with E-state index in [4.69, 9.17) is 0 Å². The van der Waals surface area contributed by atoms with Crippen LogP contribution < -0.4 is 5.32 Å². The summed E-state index contributed by atoms with van der Waals surface area (Å²) in [6.07, 6.45) is 3.68. The van der Waals surface area contributed by atoms with Gasteiger partial charge in [0.2, 0.25) is 5.91 Å². The first-order valence-corrected chi connectivity index (χ1v) is 9.95.